The van der Waals surface area contributed by atoms with Gasteiger partial charge in [0.2, 0.25) is 0 Å². The molecule has 1 aliphatic heterocycles. The number of anilines is 1. The van der Waals surface area contributed by atoms with Gasteiger partial charge < -0.3 is 15.4 Å². The van der Waals surface area contributed by atoms with Gasteiger partial charge in [0.25, 0.3) is 5.91 Å². The Morgan fingerprint density at radius 3 is 2.17 bits per heavy atom. The first kappa shape index (κ1) is 24.8. The monoisotopic (exact) mass is 496 g/mol. The minimum atomic E-state index is -5.24. The van der Waals surface area contributed by atoms with Crippen molar-refractivity contribution in [1.82, 2.24) is 4.90 Å². The predicted molar refractivity (Wildman–Crippen MR) is 130 cm³/mol. The molecule has 3 aromatic carbocycles. The summed E-state index contributed by atoms with van der Waals surface area (Å²) in [5.41, 5.74) is 6.69. The number of hydrogen-bond acceptors (Lipinski definition) is 6. The van der Waals surface area contributed by atoms with Crippen LogP contribution in [-0.4, -0.2) is 50.1 Å². The van der Waals surface area contributed by atoms with E-state index in [-0.39, 0.29) is 11.5 Å². The molecule has 3 aromatic rings. The standard InChI is InChI=1S/C26H23F3N4O3/c1-32(2)21-17(16-10-5-4-6-11-16)12-9-14-19(21)25(22(34)33(3)24(30)31-25)18-13-7-8-15-20(18)36-23(35)26(27,28)29/h4-15H,1-3H3,(H2,30,31). The van der Waals surface area contributed by atoms with Gasteiger partial charge in [-0.25, -0.2) is 9.79 Å². The summed E-state index contributed by atoms with van der Waals surface area (Å²) in [7, 11) is 4.99. The summed E-state index contributed by atoms with van der Waals surface area (Å²) in [5, 5.41) is 0. The van der Waals surface area contributed by atoms with Gasteiger partial charge in [0, 0.05) is 37.8 Å². The van der Waals surface area contributed by atoms with Crippen molar-refractivity contribution >= 4 is 23.5 Å². The summed E-state index contributed by atoms with van der Waals surface area (Å²) in [6, 6.07) is 20.2. The number of amides is 1. The molecule has 7 nitrogen and oxygen atoms in total. The number of carbonyl (C=O) groups is 2. The highest BCUT2D eigenvalue weighted by Gasteiger charge is 2.53. The van der Waals surface area contributed by atoms with Gasteiger partial charge in [-0.2, -0.15) is 13.2 Å². The molecule has 1 aliphatic rings. The number of alkyl halides is 3. The van der Waals surface area contributed by atoms with Crippen LogP contribution in [0.25, 0.3) is 11.1 Å². The Balaban J connectivity index is 2.05. The Kier molecular flexibility index (Phi) is 6.21. The second-order valence-corrected chi connectivity index (χ2v) is 8.39. The van der Waals surface area contributed by atoms with E-state index in [1.807, 2.05) is 36.4 Å². The van der Waals surface area contributed by atoms with E-state index in [4.69, 9.17) is 10.5 Å². The van der Waals surface area contributed by atoms with Crippen molar-refractivity contribution in [3.05, 3.63) is 83.9 Å². The number of halogens is 3. The average Bonchev–Trinajstić information content (AvgIpc) is 3.08. The molecular formula is C26H23F3N4O3. The van der Waals surface area contributed by atoms with Crippen LogP contribution in [0.5, 0.6) is 5.75 Å². The van der Waals surface area contributed by atoms with E-state index in [1.54, 1.807) is 31.1 Å². The van der Waals surface area contributed by atoms with Crippen LogP contribution in [-0.2, 0) is 15.1 Å². The maximum Gasteiger partial charge on any atom is 0.491 e. The smallest absolute Gasteiger partial charge is 0.419 e. The molecule has 1 atom stereocenters. The van der Waals surface area contributed by atoms with Crippen LogP contribution in [0.1, 0.15) is 11.1 Å². The summed E-state index contributed by atoms with van der Waals surface area (Å²) in [5.74, 6) is -3.60. The van der Waals surface area contributed by atoms with Crippen molar-refractivity contribution < 1.29 is 27.5 Å². The number of benzene rings is 3. The van der Waals surface area contributed by atoms with Crippen LogP contribution < -0.4 is 15.4 Å². The van der Waals surface area contributed by atoms with Crippen molar-refractivity contribution in [3.63, 3.8) is 0 Å². The predicted octanol–water partition coefficient (Wildman–Crippen LogP) is 3.92. The fourth-order valence-corrected chi connectivity index (χ4v) is 4.32. The van der Waals surface area contributed by atoms with Crippen LogP contribution in [0.2, 0.25) is 0 Å². The third-order valence-corrected chi connectivity index (χ3v) is 5.91. The highest BCUT2D eigenvalue weighted by molar-refractivity contribution is 6.10. The molecular weight excluding hydrogens is 473 g/mol. The first-order valence-corrected chi connectivity index (χ1v) is 10.9. The number of ether oxygens (including phenoxy) is 1. The zero-order valence-corrected chi connectivity index (χ0v) is 19.7. The van der Waals surface area contributed by atoms with E-state index in [1.165, 1.54) is 31.3 Å². The number of nitrogens with two attached hydrogens (primary N) is 1. The lowest BCUT2D eigenvalue weighted by Gasteiger charge is -2.32. The van der Waals surface area contributed by atoms with E-state index < -0.39 is 29.3 Å². The summed E-state index contributed by atoms with van der Waals surface area (Å²) < 4.78 is 44.0. The molecule has 1 unspecified atom stereocenters. The molecule has 186 valence electrons. The van der Waals surface area contributed by atoms with Crippen LogP contribution >= 0.6 is 0 Å². The van der Waals surface area contributed by atoms with Crippen LogP contribution in [0.3, 0.4) is 0 Å². The third-order valence-electron chi connectivity index (χ3n) is 5.91. The molecule has 0 saturated carbocycles. The van der Waals surface area contributed by atoms with Gasteiger partial charge in [0.1, 0.15) is 5.75 Å². The van der Waals surface area contributed by atoms with Crippen molar-refractivity contribution in [2.24, 2.45) is 10.7 Å². The zero-order valence-electron chi connectivity index (χ0n) is 19.7. The number of rotatable bonds is 5. The fourth-order valence-electron chi connectivity index (χ4n) is 4.32. The Bertz CT molecular complexity index is 1360. The van der Waals surface area contributed by atoms with E-state index in [9.17, 15) is 22.8 Å². The number of esters is 1. The molecule has 4 rings (SSSR count). The Morgan fingerprint density at radius 2 is 1.58 bits per heavy atom. The number of hydrogen-bond donors (Lipinski definition) is 1. The summed E-state index contributed by atoms with van der Waals surface area (Å²) >= 11 is 0. The maximum absolute atomic E-state index is 13.8. The SMILES string of the molecule is CN1C(=O)C(c2ccccc2OC(=O)C(F)(F)F)(c2cccc(-c3ccccc3)c2N(C)C)N=C1N. The van der Waals surface area contributed by atoms with Crippen LogP contribution in [0.4, 0.5) is 18.9 Å². The molecule has 0 radical (unpaired) electrons. The first-order valence-electron chi connectivity index (χ1n) is 10.9. The molecule has 0 aliphatic carbocycles. The number of guanidine groups is 1. The number of para-hydroxylation sites is 2. The zero-order chi connectivity index (χ0) is 26.3. The molecule has 0 aromatic heterocycles. The average molecular weight is 496 g/mol. The first-order chi connectivity index (χ1) is 17.0. The van der Waals surface area contributed by atoms with Gasteiger partial charge in [-0.05, 0) is 11.6 Å². The minimum absolute atomic E-state index is 0.0480. The highest BCUT2D eigenvalue weighted by atomic mass is 19.4. The Morgan fingerprint density at radius 1 is 0.972 bits per heavy atom. The lowest BCUT2D eigenvalue weighted by atomic mass is 9.79. The van der Waals surface area contributed by atoms with E-state index in [0.717, 1.165) is 16.0 Å². The van der Waals surface area contributed by atoms with Gasteiger partial charge in [0.15, 0.2) is 11.5 Å². The van der Waals surface area contributed by atoms with Crippen LogP contribution in [0.15, 0.2) is 77.8 Å². The molecule has 0 spiro atoms. The second-order valence-electron chi connectivity index (χ2n) is 8.39. The molecule has 1 heterocycles. The molecule has 36 heavy (non-hydrogen) atoms. The number of aliphatic imine (C=N–C) groups is 1. The van der Waals surface area contributed by atoms with Crippen molar-refractivity contribution in [2.75, 3.05) is 26.0 Å². The lowest BCUT2D eigenvalue weighted by molar-refractivity contribution is -0.189. The Labute approximate surface area is 205 Å². The van der Waals surface area contributed by atoms with Crippen molar-refractivity contribution in [1.29, 1.82) is 0 Å². The van der Waals surface area contributed by atoms with Gasteiger partial charge in [-0.3, -0.25) is 9.69 Å². The summed E-state index contributed by atoms with van der Waals surface area (Å²) in [6.07, 6.45) is -5.24. The van der Waals surface area contributed by atoms with E-state index in [0.29, 0.717) is 11.3 Å². The number of likely N-dealkylation sites (N-methyl/N-ethyl adjacent to an activating group) is 1. The summed E-state index contributed by atoms with van der Waals surface area (Å²) in [6.45, 7) is 0. The number of carbonyl (C=O) groups excluding carboxylic acids is 2. The quantitative estimate of drug-likeness (QED) is 0.427. The maximum atomic E-state index is 13.8. The second kappa shape index (κ2) is 9.03. The lowest BCUT2D eigenvalue weighted by Crippen LogP contribution is -2.42. The van der Waals surface area contributed by atoms with Gasteiger partial charge in [-0.15, -0.1) is 0 Å². The van der Waals surface area contributed by atoms with E-state index >= 15 is 0 Å². The number of nitrogens with zero attached hydrogens (tertiary/aromatic N) is 3. The van der Waals surface area contributed by atoms with Crippen molar-refractivity contribution in [2.45, 2.75) is 11.7 Å². The normalized spacial score (nSPS) is 17.7. The minimum Gasteiger partial charge on any atom is -0.419 e. The van der Waals surface area contributed by atoms with Gasteiger partial charge in [-0.1, -0.05) is 66.7 Å². The fraction of sp³-hybridized carbons (Fsp3) is 0.192. The van der Waals surface area contributed by atoms with Gasteiger partial charge in [0.05, 0.1) is 5.69 Å². The van der Waals surface area contributed by atoms with Gasteiger partial charge >= 0.3 is 12.1 Å². The molecule has 2 N–H and O–H groups in total. The topological polar surface area (TPSA) is 88.2 Å². The molecule has 1 amide bonds. The molecule has 0 saturated heterocycles. The molecule has 10 heteroatoms. The third kappa shape index (κ3) is 4.04. The largest absolute Gasteiger partial charge is 0.491 e. The molecule has 0 bridgehead atoms. The summed E-state index contributed by atoms with van der Waals surface area (Å²) in [4.78, 5) is 33.0. The van der Waals surface area contributed by atoms with Crippen LogP contribution in [0, 0.1) is 0 Å². The Hall–Kier alpha value is -4.34. The molecule has 0 fully saturated rings. The van der Waals surface area contributed by atoms with Crippen molar-refractivity contribution in [3.8, 4) is 16.9 Å². The highest BCUT2D eigenvalue weighted by Crippen LogP contribution is 2.49. The van der Waals surface area contributed by atoms with E-state index in [2.05, 4.69) is 4.99 Å².